The fourth-order valence-corrected chi connectivity index (χ4v) is 5.30. The summed E-state index contributed by atoms with van der Waals surface area (Å²) in [5.41, 5.74) is 6.50. The number of anilines is 1. The normalized spacial score (nSPS) is 15.4. The number of benzene rings is 1. The maximum absolute atomic E-state index is 13.8. The maximum Gasteiger partial charge on any atom is 0.251 e. The standard InChI is InChI=1S/C30H39F2N3O/c1-6-9-12-23-19-21(4)34-22(5)27(23)20-33-29(36)26-13-10-14-28(25(26)11-7-2)35(8-3)24-15-17-30(31,32)18-16-24/h6-7,10,13-14,19,24H,1-2,8-9,11-12,15-18,20H2,3-5H3,(H,33,36). The van der Waals surface area contributed by atoms with E-state index in [9.17, 15) is 13.6 Å². The van der Waals surface area contributed by atoms with Crippen molar-refractivity contribution >= 4 is 11.6 Å². The molecular weight excluding hydrogens is 456 g/mol. The quantitative estimate of drug-likeness (QED) is 0.346. The van der Waals surface area contributed by atoms with Gasteiger partial charge in [0.1, 0.15) is 0 Å². The highest BCUT2D eigenvalue weighted by Gasteiger charge is 2.37. The van der Waals surface area contributed by atoms with Gasteiger partial charge in [-0.2, -0.15) is 0 Å². The number of amides is 1. The second kappa shape index (κ2) is 12.3. The molecule has 1 saturated carbocycles. The molecule has 3 rings (SSSR count). The molecule has 194 valence electrons. The van der Waals surface area contributed by atoms with Crippen molar-refractivity contribution < 1.29 is 13.6 Å². The summed E-state index contributed by atoms with van der Waals surface area (Å²) in [5, 5.41) is 3.11. The molecule has 0 spiro atoms. The van der Waals surface area contributed by atoms with Crippen molar-refractivity contribution in [2.45, 2.75) is 84.2 Å². The Bertz CT molecular complexity index is 1090. The number of rotatable bonds is 11. The average molecular weight is 496 g/mol. The molecule has 0 radical (unpaired) electrons. The lowest BCUT2D eigenvalue weighted by Crippen LogP contribution is -2.41. The van der Waals surface area contributed by atoms with Crippen molar-refractivity contribution in [2.24, 2.45) is 0 Å². The summed E-state index contributed by atoms with van der Waals surface area (Å²) in [6.45, 7) is 14.8. The lowest BCUT2D eigenvalue weighted by molar-refractivity contribution is -0.0380. The number of alkyl halides is 2. The summed E-state index contributed by atoms with van der Waals surface area (Å²) in [6.07, 6.45) is 6.61. The highest BCUT2D eigenvalue weighted by molar-refractivity contribution is 5.97. The van der Waals surface area contributed by atoms with E-state index < -0.39 is 5.92 Å². The van der Waals surface area contributed by atoms with Crippen LogP contribution in [0.5, 0.6) is 0 Å². The van der Waals surface area contributed by atoms with Gasteiger partial charge < -0.3 is 10.2 Å². The second-order valence-corrected chi connectivity index (χ2v) is 9.67. The summed E-state index contributed by atoms with van der Waals surface area (Å²) in [6, 6.07) is 7.82. The third kappa shape index (κ3) is 6.59. The van der Waals surface area contributed by atoms with Gasteiger partial charge in [-0.1, -0.05) is 18.2 Å². The van der Waals surface area contributed by atoms with E-state index in [0.29, 0.717) is 37.9 Å². The molecule has 1 aliphatic rings. The highest BCUT2D eigenvalue weighted by atomic mass is 19.3. The van der Waals surface area contributed by atoms with Crippen molar-refractivity contribution in [1.29, 1.82) is 0 Å². The van der Waals surface area contributed by atoms with Crippen molar-refractivity contribution in [3.05, 3.63) is 83.2 Å². The summed E-state index contributed by atoms with van der Waals surface area (Å²) >= 11 is 0. The van der Waals surface area contributed by atoms with E-state index in [1.54, 1.807) is 6.08 Å². The SMILES string of the molecule is C=CCCc1cc(C)nc(C)c1CNC(=O)c1cccc(N(CC)C2CCC(F)(F)CC2)c1CC=C. The fraction of sp³-hybridized carbons (Fsp3) is 0.467. The Labute approximate surface area is 214 Å². The Kier molecular flexibility index (Phi) is 9.41. The van der Waals surface area contributed by atoms with E-state index in [1.165, 1.54) is 5.56 Å². The van der Waals surface area contributed by atoms with Crippen LogP contribution in [0.1, 0.15) is 77.5 Å². The predicted octanol–water partition coefficient (Wildman–Crippen LogP) is 6.88. The molecule has 2 aromatic rings. The van der Waals surface area contributed by atoms with E-state index in [2.05, 4.69) is 34.4 Å². The van der Waals surface area contributed by atoms with Gasteiger partial charge >= 0.3 is 0 Å². The zero-order valence-corrected chi connectivity index (χ0v) is 21.9. The van der Waals surface area contributed by atoms with Crippen LogP contribution in [0.3, 0.4) is 0 Å². The van der Waals surface area contributed by atoms with Crippen LogP contribution in [0.2, 0.25) is 0 Å². The number of carbonyl (C=O) groups is 1. The first kappa shape index (κ1) is 27.6. The predicted molar refractivity (Wildman–Crippen MR) is 144 cm³/mol. The first-order valence-electron chi connectivity index (χ1n) is 12.9. The van der Waals surface area contributed by atoms with E-state index in [1.807, 2.05) is 45.0 Å². The molecule has 36 heavy (non-hydrogen) atoms. The van der Waals surface area contributed by atoms with Gasteiger partial charge in [-0.25, -0.2) is 8.78 Å². The number of pyridine rings is 1. The van der Waals surface area contributed by atoms with E-state index >= 15 is 0 Å². The topological polar surface area (TPSA) is 45.2 Å². The molecule has 6 heteroatoms. The number of nitrogens with one attached hydrogen (secondary N) is 1. The molecule has 1 aliphatic carbocycles. The van der Waals surface area contributed by atoms with Gasteiger partial charge in [0.15, 0.2) is 0 Å². The van der Waals surface area contributed by atoms with Gasteiger partial charge in [0, 0.05) is 54.6 Å². The van der Waals surface area contributed by atoms with E-state index in [0.717, 1.165) is 41.0 Å². The average Bonchev–Trinajstić information content (AvgIpc) is 2.84. The summed E-state index contributed by atoms with van der Waals surface area (Å²) in [7, 11) is 0. The number of nitrogens with zero attached hydrogens (tertiary/aromatic N) is 2. The molecule has 1 aromatic carbocycles. The monoisotopic (exact) mass is 495 g/mol. The van der Waals surface area contributed by atoms with Crippen LogP contribution >= 0.6 is 0 Å². The fourth-order valence-electron chi connectivity index (χ4n) is 5.30. The molecule has 1 heterocycles. The summed E-state index contributed by atoms with van der Waals surface area (Å²) < 4.78 is 27.6. The van der Waals surface area contributed by atoms with Crippen LogP contribution in [0.25, 0.3) is 0 Å². The number of halogens is 2. The van der Waals surface area contributed by atoms with Gasteiger partial charge in [0.05, 0.1) is 0 Å². The van der Waals surface area contributed by atoms with Crippen LogP contribution in [-0.2, 0) is 19.4 Å². The third-order valence-corrected chi connectivity index (χ3v) is 7.12. The molecular formula is C30H39F2N3O. The van der Waals surface area contributed by atoms with Crippen LogP contribution < -0.4 is 10.2 Å². The van der Waals surface area contributed by atoms with Crippen LogP contribution in [0, 0.1) is 13.8 Å². The molecule has 0 unspecified atom stereocenters. The second-order valence-electron chi connectivity index (χ2n) is 9.67. The lowest BCUT2D eigenvalue weighted by Gasteiger charge is -2.39. The number of allylic oxidation sites excluding steroid dienone is 2. The highest BCUT2D eigenvalue weighted by Crippen LogP contribution is 2.38. The molecule has 0 aliphatic heterocycles. The Hall–Kier alpha value is -3.02. The first-order valence-corrected chi connectivity index (χ1v) is 12.9. The smallest absolute Gasteiger partial charge is 0.251 e. The zero-order valence-electron chi connectivity index (χ0n) is 21.9. The minimum Gasteiger partial charge on any atom is -0.369 e. The number of aryl methyl sites for hydroxylation is 3. The van der Waals surface area contributed by atoms with E-state index in [-0.39, 0.29) is 24.8 Å². The number of aromatic nitrogens is 1. The summed E-state index contributed by atoms with van der Waals surface area (Å²) in [4.78, 5) is 20.2. The van der Waals surface area contributed by atoms with Gasteiger partial charge in [-0.05, 0) is 87.8 Å². The van der Waals surface area contributed by atoms with Crippen molar-refractivity contribution in [3.63, 3.8) is 0 Å². The lowest BCUT2D eigenvalue weighted by atomic mass is 9.90. The van der Waals surface area contributed by atoms with Crippen LogP contribution in [-0.4, -0.2) is 29.4 Å². The molecule has 0 atom stereocenters. The summed E-state index contributed by atoms with van der Waals surface area (Å²) in [5.74, 6) is -2.73. The zero-order chi connectivity index (χ0) is 26.3. The third-order valence-electron chi connectivity index (χ3n) is 7.12. The van der Waals surface area contributed by atoms with Gasteiger partial charge in [-0.15, -0.1) is 13.2 Å². The molecule has 1 aromatic heterocycles. The van der Waals surface area contributed by atoms with Crippen LogP contribution in [0.4, 0.5) is 14.5 Å². The molecule has 4 nitrogen and oxygen atoms in total. The minimum atomic E-state index is -2.57. The molecule has 1 fully saturated rings. The Morgan fingerprint density at radius 2 is 1.92 bits per heavy atom. The molecule has 1 N–H and O–H groups in total. The Morgan fingerprint density at radius 3 is 2.56 bits per heavy atom. The van der Waals surface area contributed by atoms with Gasteiger partial charge in [0.2, 0.25) is 5.92 Å². The van der Waals surface area contributed by atoms with Gasteiger partial charge in [-0.3, -0.25) is 9.78 Å². The molecule has 0 bridgehead atoms. The molecule has 0 saturated heterocycles. The number of hydrogen-bond donors (Lipinski definition) is 1. The maximum atomic E-state index is 13.8. The van der Waals surface area contributed by atoms with Crippen molar-refractivity contribution in [3.8, 4) is 0 Å². The Balaban J connectivity index is 1.87. The number of carbonyl (C=O) groups excluding carboxylic acids is 1. The first-order chi connectivity index (χ1) is 17.2. The Morgan fingerprint density at radius 1 is 1.19 bits per heavy atom. The number of hydrogen-bond acceptors (Lipinski definition) is 3. The van der Waals surface area contributed by atoms with Crippen LogP contribution in [0.15, 0.2) is 49.6 Å². The minimum absolute atomic E-state index is 0.0326. The largest absolute Gasteiger partial charge is 0.369 e. The van der Waals surface area contributed by atoms with Gasteiger partial charge in [0.25, 0.3) is 5.91 Å². The van der Waals surface area contributed by atoms with Crippen molar-refractivity contribution in [2.75, 3.05) is 11.4 Å². The van der Waals surface area contributed by atoms with Crippen molar-refractivity contribution in [1.82, 2.24) is 10.3 Å². The molecule has 1 amide bonds. The van der Waals surface area contributed by atoms with E-state index in [4.69, 9.17) is 0 Å².